The summed E-state index contributed by atoms with van der Waals surface area (Å²) in [6.07, 6.45) is 0.765. The van der Waals surface area contributed by atoms with E-state index in [2.05, 4.69) is 20.3 Å². The molecule has 0 atom stereocenters. The molecule has 0 aliphatic rings. The van der Waals surface area contributed by atoms with E-state index in [1.807, 2.05) is 4.98 Å². The van der Waals surface area contributed by atoms with Crippen molar-refractivity contribution >= 4 is 33.1 Å². The average molecular weight is 419 g/mol. The summed E-state index contributed by atoms with van der Waals surface area (Å²) in [5.74, 6) is -0.465. The molecule has 0 bridgehead atoms. The number of amides is 2. The summed E-state index contributed by atoms with van der Waals surface area (Å²) in [6.45, 7) is 0. The minimum absolute atomic E-state index is 0.0210. The SMILES string of the molecule is O=C(Nc1ccc(F)cc1)Nc1ccccc1NS(=O)(=O)c1c[nH]c(=O)[nH]c1=O. The van der Waals surface area contributed by atoms with E-state index in [0.29, 0.717) is 5.69 Å². The molecule has 0 radical (unpaired) electrons. The topological polar surface area (TPSA) is 153 Å². The highest BCUT2D eigenvalue weighted by Crippen LogP contribution is 2.23. The highest BCUT2D eigenvalue weighted by atomic mass is 32.2. The van der Waals surface area contributed by atoms with Gasteiger partial charge in [0.05, 0.1) is 11.4 Å². The Morgan fingerprint density at radius 3 is 2.24 bits per heavy atom. The molecule has 0 fully saturated rings. The first-order valence-electron chi connectivity index (χ1n) is 8.02. The molecule has 3 rings (SSSR count). The number of rotatable bonds is 5. The van der Waals surface area contributed by atoms with Crippen LogP contribution in [-0.4, -0.2) is 24.4 Å². The third-order valence-electron chi connectivity index (χ3n) is 3.60. The van der Waals surface area contributed by atoms with Crippen molar-refractivity contribution < 1.29 is 17.6 Å². The van der Waals surface area contributed by atoms with E-state index < -0.39 is 38.0 Å². The number of carbonyl (C=O) groups is 1. The third kappa shape index (κ3) is 4.87. The number of urea groups is 1. The molecular formula is C17H14FN5O5S. The summed E-state index contributed by atoms with van der Waals surface area (Å²) < 4.78 is 40.1. The maximum Gasteiger partial charge on any atom is 0.325 e. The molecule has 12 heteroatoms. The molecule has 0 saturated heterocycles. The lowest BCUT2D eigenvalue weighted by Gasteiger charge is -2.13. The number of sulfonamides is 1. The number of para-hydroxylation sites is 2. The van der Waals surface area contributed by atoms with Crippen LogP contribution in [0.3, 0.4) is 0 Å². The van der Waals surface area contributed by atoms with Crippen LogP contribution in [0, 0.1) is 5.82 Å². The van der Waals surface area contributed by atoms with Crippen molar-refractivity contribution in [2.24, 2.45) is 0 Å². The molecule has 3 aromatic rings. The number of halogens is 1. The van der Waals surface area contributed by atoms with Crippen molar-refractivity contribution in [3.8, 4) is 0 Å². The number of aromatic nitrogens is 2. The second-order valence-corrected chi connectivity index (χ2v) is 7.32. The predicted molar refractivity (Wildman–Crippen MR) is 104 cm³/mol. The Morgan fingerprint density at radius 1 is 0.931 bits per heavy atom. The maximum absolute atomic E-state index is 12.9. The summed E-state index contributed by atoms with van der Waals surface area (Å²) in [5.41, 5.74) is -1.56. The maximum atomic E-state index is 12.9. The van der Waals surface area contributed by atoms with E-state index in [4.69, 9.17) is 0 Å². The van der Waals surface area contributed by atoms with Crippen molar-refractivity contribution in [2.75, 3.05) is 15.4 Å². The molecule has 5 N–H and O–H groups in total. The quantitative estimate of drug-likeness (QED) is 0.426. The fourth-order valence-corrected chi connectivity index (χ4v) is 3.38. The van der Waals surface area contributed by atoms with Gasteiger partial charge in [0.25, 0.3) is 15.6 Å². The third-order valence-corrected chi connectivity index (χ3v) is 4.97. The molecule has 1 aromatic heterocycles. The highest BCUT2D eigenvalue weighted by Gasteiger charge is 2.20. The van der Waals surface area contributed by atoms with Crippen LogP contribution in [-0.2, 0) is 10.0 Å². The average Bonchev–Trinajstić information content (AvgIpc) is 2.64. The lowest BCUT2D eigenvalue weighted by Crippen LogP contribution is -2.29. The number of anilines is 3. The summed E-state index contributed by atoms with van der Waals surface area (Å²) in [6, 6.07) is 10.2. The molecule has 0 unspecified atom stereocenters. The van der Waals surface area contributed by atoms with Crippen LogP contribution in [0.25, 0.3) is 0 Å². The van der Waals surface area contributed by atoms with Crippen LogP contribution >= 0.6 is 0 Å². The first kappa shape index (κ1) is 19.8. The zero-order chi connectivity index (χ0) is 21.0. The Morgan fingerprint density at radius 2 is 1.59 bits per heavy atom. The first-order chi connectivity index (χ1) is 13.7. The van der Waals surface area contributed by atoms with Gasteiger partial charge in [0.15, 0.2) is 4.90 Å². The summed E-state index contributed by atoms with van der Waals surface area (Å²) in [4.78, 5) is 38.2. The van der Waals surface area contributed by atoms with Crippen molar-refractivity contribution in [3.05, 3.63) is 81.4 Å². The van der Waals surface area contributed by atoms with Gasteiger partial charge in [-0.25, -0.2) is 22.4 Å². The Balaban J connectivity index is 1.81. The number of H-pyrrole nitrogens is 2. The van der Waals surface area contributed by atoms with Gasteiger partial charge in [-0.15, -0.1) is 0 Å². The fraction of sp³-hybridized carbons (Fsp3) is 0. The van der Waals surface area contributed by atoms with E-state index in [0.717, 1.165) is 6.20 Å². The molecule has 2 aromatic carbocycles. The number of benzene rings is 2. The lowest BCUT2D eigenvalue weighted by molar-refractivity contribution is 0.262. The minimum Gasteiger partial charge on any atom is -0.313 e. The molecule has 0 aliphatic carbocycles. The number of nitrogens with one attached hydrogen (secondary N) is 5. The van der Waals surface area contributed by atoms with Gasteiger partial charge in [0.1, 0.15) is 5.82 Å². The van der Waals surface area contributed by atoms with Crippen LogP contribution in [0.4, 0.5) is 26.2 Å². The molecule has 0 saturated carbocycles. The predicted octanol–water partition coefficient (Wildman–Crippen LogP) is 1.65. The lowest BCUT2D eigenvalue weighted by atomic mass is 10.3. The number of hydrogen-bond donors (Lipinski definition) is 5. The zero-order valence-electron chi connectivity index (χ0n) is 14.5. The van der Waals surface area contributed by atoms with E-state index in [9.17, 15) is 27.2 Å². The normalized spacial score (nSPS) is 10.9. The van der Waals surface area contributed by atoms with Crippen molar-refractivity contribution in [2.45, 2.75) is 4.90 Å². The van der Waals surface area contributed by atoms with Crippen molar-refractivity contribution in [3.63, 3.8) is 0 Å². The fourth-order valence-electron chi connectivity index (χ4n) is 2.30. The van der Waals surface area contributed by atoms with Gasteiger partial charge in [-0.05, 0) is 36.4 Å². The zero-order valence-corrected chi connectivity index (χ0v) is 15.3. The van der Waals surface area contributed by atoms with Gasteiger partial charge in [-0.3, -0.25) is 14.5 Å². The largest absolute Gasteiger partial charge is 0.325 e. The summed E-state index contributed by atoms with van der Waals surface area (Å²) in [5, 5.41) is 4.92. The van der Waals surface area contributed by atoms with E-state index in [-0.39, 0.29) is 11.4 Å². The molecule has 29 heavy (non-hydrogen) atoms. The van der Waals surface area contributed by atoms with Crippen molar-refractivity contribution in [1.29, 1.82) is 0 Å². The molecule has 0 spiro atoms. The minimum atomic E-state index is -4.36. The van der Waals surface area contributed by atoms with Gasteiger partial charge in [-0.2, -0.15) is 0 Å². The van der Waals surface area contributed by atoms with Crippen LogP contribution in [0.1, 0.15) is 0 Å². The molecular weight excluding hydrogens is 405 g/mol. The molecule has 10 nitrogen and oxygen atoms in total. The van der Waals surface area contributed by atoms with Crippen LogP contribution in [0.5, 0.6) is 0 Å². The Hall–Kier alpha value is -3.93. The number of aromatic amines is 2. The highest BCUT2D eigenvalue weighted by molar-refractivity contribution is 7.92. The van der Waals surface area contributed by atoms with Crippen molar-refractivity contribution in [1.82, 2.24) is 9.97 Å². The summed E-state index contributed by atoms with van der Waals surface area (Å²) in [7, 11) is -4.36. The van der Waals surface area contributed by atoms with E-state index >= 15 is 0 Å². The van der Waals surface area contributed by atoms with Gasteiger partial charge in [-0.1, -0.05) is 12.1 Å². The Bertz CT molecular complexity index is 1270. The molecule has 0 aliphatic heterocycles. The van der Waals surface area contributed by atoms with Gasteiger partial charge >= 0.3 is 11.7 Å². The Labute approximate surface area is 162 Å². The molecule has 2 amide bonds. The van der Waals surface area contributed by atoms with Gasteiger partial charge in [0.2, 0.25) is 0 Å². The second-order valence-electron chi connectivity index (χ2n) is 5.67. The second kappa shape index (κ2) is 7.98. The number of carbonyl (C=O) groups excluding carboxylic acids is 1. The van der Waals surface area contributed by atoms with E-state index in [1.165, 1.54) is 42.5 Å². The standard InChI is InChI=1S/C17H14FN5O5S/c18-10-5-7-11(8-6-10)20-17(26)21-12-3-1-2-4-13(12)23-29(27,28)14-9-19-16(25)22-15(14)24/h1-9,23H,(H2,20,21,26)(H2,19,22,24,25). The molecule has 150 valence electrons. The summed E-state index contributed by atoms with van der Waals surface area (Å²) >= 11 is 0. The van der Waals surface area contributed by atoms with Gasteiger partial charge < -0.3 is 15.6 Å². The number of hydrogen-bond acceptors (Lipinski definition) is 5. The van der Waals surface area contributed by atoms with Crippen LogP contribution < -0.4 is 26.6 Å². The van der Waals surface area contributed by atoms with Crippen LogP contribution in [0.15, 0.2) is 69.2 Å². The monoisotopic (exact) mass is 419 g/mol. The van der Waals surface area contributed by atoms with Crippen LogP contribution in [0.2, 0.25) is 0 Å². The van der Waals surface area contributed by atoms with E-state index in [1.54, 1.807) is 6.07 Å². The first-order valence-corrected chi connectivity index (χ1v) is 9.50. The molecule has 1 heterocycles. The van der Waals surface area contributed by atoms with Gasteiger partial charge in [0, 0.05) is 11.9 Å². The smallest absolute Gasteiger partial charge is 0.313 e. The Kier molecular flexibility index (Phi) is 5.45.